The highest BCUT2D eigenvalue weighted by molar-refractivity contribution is 9.10. The van der Waals surface area contributed by atoms with E-state index in [2.05, 4.69) is 21.2 Å². The Kier molecular flexibility index (Phi) is 6.66. The Morgan fingerprint density at radius 3 is 2.17 bits per heavy atom. The largest absolute Gasteiger partial charge is 0.350 e. The number of halogens is 2. The second-order valence-corrected chi connectivity index (χ2v) is 8.98. The SMILES string of the molecule is O=C(CN(c1ccc(Br)cc1)S(=O)(=O)c1ccccc1)NCc1ccc(F)cc1. The van der Waals surface area contributed by atoms with Crippen LogP contribution in [0.2, 0.25) is 0 Å². The van der Waals surface area contributed by atoms with Gasteiger partial charge in [-0.05, 0) is 54.1 Å². The first-order valence-corrected chi connectivity index (χ1v) is 10.9. The van der Waals surface area contributed by atoms with E-state index in [1.54, 1.807) is 54.6 Å². The van der Waals surface area contributed by atoms with Crippen LogP contribution in [-0.4, -0.2) is 20.9 Å². The van der Waals surface area contributed by atoms with Crippen LogP contribution in [0.3, 0.4) is 0 Å². The number of hydrogen-bond donors (Lipinski definition) is 1. The Morgan fingerprint density at radius 2 is 1.55 bits per heavy atom. The van der Waals surface area contributed by atoms with Crippen LogP contribution in [0.15, 0.2) is 88.2 Å². The molecule has 1 amide bonds. The lowest BCUT2D eigenvalue weighted by Gasteiger charge is -2.24. The summed E-state index contributed by atoms with van der Waals surface area (Å²) in [7, 11) is -3.94. The standard InChI is InChI=1S/C21H18BrFN2O3S/c22-17-8-12-19(13-9-17)25(29(27,28)20-4-2-1-3-5-20)15-21(26)24-14-16-6-10-18(23)11-7-16/h1-13H,14-15H2,(H,24,26). The third-order valence-corrected chi connectivity index (χ3v) is 6.45. The number of benzene rings is 3. The van der Waals surface area contributed by atoms with Crippen molar-refractivity contribution in [3.8, 4) is 0 Å². The highest BCUT2D eigenvalue weighted by atomic mass is 79.9. The van der Waals surface area contributed by atoms with Crippen LogP contribution in [0.4, 0.5) is 10.1 Å². The predicted octanol–water partition coefficient (Wildman–Crippen LogP) is 4.10. The monoisotopic (exact) mass is 476 g/mol. The molecule has 1 N–H and O–H groups in total. The summed E-state index contributed by atoms with van der Waals surface area (Å²) in [6, 6.07) is 20.3. The van der Waals surface area contributed by atoms with Crippen LogP contribution in [0.1, 0.15) is 5.56 Å². The summed E-state index contributed by atoms with van der Waals surface area (Å²) in [5.41, 5.74) is 1.08. The second-order valence-electron chi connectivity index (χ2n) is 6.20. The zero-order valence-electron chi connectivity index (χ0n) is 15.3. The summed E-state index contributed by atoms with van der Waals surface area (Å²) in [5, 5.41) is 2.68. The zero-order valence-corrected chi connectivity index (χ0v) is 17.7. The maximum atomic E-state index is 13.2. The van der Waals surface area contributed by atoms with Gasteiger partial charge in [0.15, 0.2) is 0 Å². The molecule has 0 spiro atoms. The lowest BCUT2D eigenvalue weighted by Crippen LogP contribution is -2.40. The van der Waals surface area contributed by atoms with Gasteiger partial charge in [0.05, 0.1) is 10.6 Å². The van der Waals surface area contributed by atoms with Gasteiger partial charge in [0.25, 0.3) is 10.0 Å². The maximum absolute atomic E-state index is 13.2. The lowest BCUT2D eigenvalue weighted by atomic mass is 10.2. The van der Waals surface area contributed by atoms with Crippen LogP contribution >= 0.6 is 15.9 Å². The molecule has 0 saturated carbocycles. The van der Waals surface area contributed by atoms with Gasteiger partial charge in [-0.15, -0.1) is 0 Å². The van der Waals surface area contributed by atoms with Crippen molar-refractivity contribution in [1.29, 1.82) is 0 Å². The third-order valence-electron chi connectivity index (χ3n) is 4.14. The number of amides is 1. The molecule has 0 saturated heterocycles. The molecule has 8 heteroatoms. The fraction of sp³-hybridized carbons (Fsp3) is 0.0952. The highest BCUT2D eigenvalue weighted by Gasteiger charge is 2.27. The van der Waals surface area contributed by atoms with Crippen LogP contribution in [-0.2, 0) is 21.4 Å². The van der Waals surface area contributed by atoms with Crippen molar-refractivity contribution in [2.24, 2.45) is 0 Å². The second kappa shape index (κ2) is 9.19. The molecule has 3 aromatic carbocycles. The molecule has 0 unspecified atom stereocenters. The van der Waals surface area contributed by atoms with Gasteiger partial charge >= 0.3 is 0 Å². The van der Waals surface area contributed by atoms with Gasteiger partial charge in [-0.25, -0.2) is 12.8 Å². The number of nitrogens with zero attached hydrogens (tertiary/aromatic N) is 1. The molecule has 0 aliphatic heterocycles. The molecule has 3 rings (SSSR count). The predicted molar refractivity (Wildman–Crippen MR) is 113 cm³/mol. The minimum atomic E-state index is -3.94. The number of hydrogen-bond acceptors (Lipinski definition) is 3. The quantitative estimate of drug-likeness (QED) is 0.558. The Bertz CT molecular complexity index is 1070. The van der Waals surface area contributed by atoms with Crippen molar-refractivity contribution >= 4 is 37.5 Å². The number of carbonyl (C=O) groups is 1. The summed E-state index contributed by atoms with van der Waals surface area (Å²) >= 11 is 3.32. The molecule has 0 heterocycles. The summed E-state index contributed by atoms with van der Waals surface area (Å²) in [4.78, 5) is 12.6. The summed E-state index contributed by atoms with van der Waals surface area (Å²) in [6.07, 6.45) is 0. The molecule has 0 atom stereocenters. The average molecular weight is 477 g/mol. The minimum Gasteiger partial charge on any atom is -0.350 e. The van der Waals surface area contributed by atoms with Crippen LogP contribution in [0.5, 0.6) is 0 Å². The van der Waals surface area contributed by atoms with Crippen LogP contribution in [0, 0.1) is 5.82 Å². The minimum absolute atomic E-state index is 0.0919. The Morgan fingerprint density at radius 1 is 0.931 bits per heavy atom. The van der Waals surface area contributed by atoms with E-state index >= 15 is 0 Å². The summed E-state index contributed by atoms with van der Waals surface area (Å²) < 4.78 is 41.2. The summed E-state index contributed by atoms with van der Waals surface area (Å²) in [6.45, 7) is -0.223. The number of nitrogens with one attached hydrogen (secondary N) is 1. The Labute approximate surface area is 177 Å². The molecule has 5 nitrogen and oxygen atoms in total. The molecular weight excluding hydrogens is 459 g/mol. The molecule has 0 aliphatic rings. The van der Waals surface area contributed by atoms with E-state index in [1.807, 2.05) is 0 Å². The van der Waals surface area contributed by atoms with E-state index in [9.17, 15) is 17.6 Å². The Hall–Kier alpha value is -2.71. The van der Waals surface area contributed by atoms with Crippen molar-refractivity contribution in [3.05, 3.63) is 94.7 Å². The molecular formula is C21H18BrFN2O3S. The smallest absolute Gasteiger partial charge is 0.264 e. The van der Waals surface area contributed by atoms with E-state index in [0.29, 0.717) is 11.3 Å². The fourth-order valence-corrected chi connectivity index (χ4v) is 4.34. The average Bonchev–Trinajstić information content (AvgIpc) is 2.73. The van der Waals surface area contributed by atoms with Gasteiger partial charge < -0.3 is 5.32 Å². The maximum Gasteiger partial charge on any atom is 0.264 e. The number of anilines is 1. The number of rotatable bonds is 7. The first-order valence-electron chi connectivity index (χ1n) is 8.71. The van der Waals surface area contributed by atoms with Crippen LogP contribution < -0.4 is 9.62 Å². The normalized spacial score (nSPS) is 11.1. The molecule has 3 aromatic rings. The number of sulfonamides is 1. The molecule has 29 heavy (non-hydrogen) atoms. The van der Waals surface area contributed by atoms with E-state index < -0.39 is 15.9 Å². The van der Waals surface area contributed by atoms with E-state index in [1.165, 1.54) is 24.3 Å². The third kappa shape index (κ3) is 5.42. The van der Waals surface area contributed by atoms with Gasteiger partial charge in [0.2, 0.25) is 5.91 Å². The van der Waals surface area contributed by atoms with Crippen molar-refractivity contribution in [2.45, 2.75) is 11.4 Å². The molecule has 0 fully saturated rings. The topological polar surface area (TPSA) is 66.5 Å². The van der Waals surface area contributed by atoms with Crippen molar-refractivity contribution in [3.63, 3.8) is 0 Å². The zero-order chi connectivity index (χ0) is 20.9. The molecule has 0 aromatic heterocycles. The van der Waals surface area contributed by atoms with Gasteiger partial charge in [0, 0.05) is 11.0 Å². The molecule has 150 valence electrons. The van der Waals surface area contributed by atoms with Gasteiger partial charge in [-0.3, -0.25) is 9.10 Å². The van der Waals surface area contributed by atoms with Gasteiger partial charge in [-0.1, -0.05) is 46.3 Å². The van der Waals surface area contributed by atoms with Crippen molar-refractivity contribution in [1.82, 2.24) is 5.32 Å². The Balaban J connectivity index is 1.82. The molecule has 0 bridgehead atoms. The van der Waals surface area contributed by atoms with Gasteiger partial charge in [-0.2, -0.15) is 0 Å². The number of carbonyl (C=O) groups excluding carboxylic acids is 1. The first kappa shape index (κ1) is 21.0. The lowest BCUT2D eigenvalue weighted by molar-refractivity contribution is -0.119. The van der Waals surface area contributed by atoms with Gasteiger partial charge in [0.1, 0.15) is 12.4 Å². The van der Waals surface area contributed by atoms with E-state index in [4.69, 9.17) is 0 Å². The van der Waals surface area contributed by atoms with E-state index in [0.717, 1.165) is 8.78 Å². The molecule has 0 aliphatic carbocycles. The fourth-order valence-electron chi connectivity index (χ4n) is 2.63. The van der Waals surface area contributed by atoms with Crippen LogP contribution in [0.25, 0.3) is 0 Å². The molecule has 0 radical (unpaired) electrons. The van der Waals surface area contributed by atoms with Crippen molar-refractivity contribution in [2.75, 3.05) is 10.8 Å². The first-order chi connectivity index (χ1) is 13.9. The van der Waals surface area contributed by atoms with Crippen molar-refractivity contribution < 1.29 is 17.6 Å². The van der Waals surface area contributed by atoms with E-state index in [-0.39, 0.29) is 23.8 Å². The summed E-state index contributed by atoms with van der Waals surface area (Å²) in [5.74, 6) is -0.841. The highest BCUT2D eigenvalue weighted by Crippen LogP contribution is 2.25.